The van der Waals surface area contributed by atoms with E-state index in [1.54, 1.807) is 0 Å². The first-order valence-electron chi connectivity index (χ1n) is 2.78. The molecule has 0 saturated carbocycles. The Morgan fingerprint density at radius 3 is 3.50 bits per heavy atom. The molecule has 2 aliphatic heterocycles. The average Bonchev–Trinajstić information content (AvgIpc) is 2.15. The highest BCUT2D eigenvalue weighted by atomic mass is 16.8. The van der Waals surface area contributed by atoms with Gasteiger partial charge in [0.15, 0.2) is 0 Å². The first-order valence-corrected chi connectivity index (χ1v) is 2.78. The molecule has 0 N–H and O–H groups in total. The topological polar surface area (TPSA) is 30.8 Å². The molecule has 3 heteroatoms. The third kappa shape index (κ3) is 0.448. The van der Waals surface area contributed by atoms with Crippen molar-refractivity contribution >= 4 is 6.21 Å². The molecule has 2 unspecified atom stereocenters. The summed E-state index contributed by atoms with van der Waals surface area (Å²) in [4.78, 5) is 4.82. The molecule has 0 aromatic heterocycles. The summed E-state index contributed by atoms with van der Waals surface area (Å²) in [5.74, 6) is 0.440. The quantitative estimate of drug-likeness (QED) is 0.454. The fourth-order valence-corrected chi connectivity index (χ4v) is 1.01. The molecule has 0 aliphatic carbocycles. The lowest BCUT2D eigenvalue weighted by Gasteiger charge is -2.02. The van der Waals surface area contributed by atoms with Gasteiger partial charge in [-0.15, -0.1) is 0 Å². The van der Waals surface area contributed by atoms with Crippen LogP contribution in [-0.4, -0.2) is 19.1 Å². The number of rotatable bonds is 0. The van der Waals surface area contributed by atoms with Gasteiger partial charge in [0.1, 0.15) is 0 Å². The van der Waals surface area contributed by atoms with E-state index in [1.165, 1.54) is 0 Å². The van der Waals surface area contributed by atoms with Gasteiger partial charge in [-0.2, -0.15) is 0 Å². The molecule has 3 nitrogen and oxygen atoms in total. The van der Waals surface area contributed by atoms with E-state index in [9.17, 15) is 0 Å². The van der Waals surface area contributed by atoms with Crippen LogP contribution in [0, 0.1) is 5.92 Å². The zero-order valence-corrected chi connectivity index (χ0v) is 4.41. The van der Waals surface area contributed by atoms with Crippen LogP contribution in [0.2, 0.25) is 0 Å². The Kier molecular flexibility index (Phi) is 0.784. The number of ether oxygens (including phenoxy) is 1. The van der Waals surface area contributed by atoms with E-state index in [4.69, 9.17) is 9.57 Å². The summed E-state index contributed by atoms with van der Waals surface area (Å²) in [7, 11) is 0. The van der Waals surface area contributed by atoms with Crippen LogP contribution in [0.3, 0.4) is 0 Å². The average molecular weight is 113 g/mol. The summed E-state index contributed by atoms with van der Waals surface area (Å²) in [6.07, 6.45) is 2.83. The predicted molar refractivity (Wildman–Crippen MR) is 27.4 cm³/mol. The van der Waals surface area contributed by atoms with Crippen LogP contribution < -0.4 is 0 Å². The summed E-state index contributed by atoms with van der Waals surface area (Å²) in [6.45, 7) is 0.821. The zero-order chi connectivity index (χ0) is 5.40. The predicted octanol–water partition coefficient (Wildman–Crippen LogP) is 0.365. The van der Waals surface area contributed by atoms with E-state index in [-0.39, 0.29) is 6.29 Å². The fraction of sp³-hybridized carbons (Fsp3) is 0.800. The molecule has 8 heavy (non-hydrogen) atoms. The van der Waals surface area contributed by atoms with E-state index >= 15 is 0 Å². The molecular weight excluding hydrogens is 106 g/mol. The van der Waals surface area contributed by atoms with Crippen LogP contribution in [0.4, 0.5) is 0 Å². The normalized spacial score (nSPS) is 42.0. The van der Waals surface area contributed by atoms with Crippen LogP contribution in [0.5, 0.6) is 0 Å². The van der Waals surface area contributed by atoms with Gasteiger partial charge in [0, 0.05) is 0 Å². The standard InChI is InChI=1S/C5H7NO2/c1-2-7-5-4(1)3-6-8-5/h3-5H,1-2H2. The minimum atomic E-state index is -0.0463. The van der Waals surface area contributed by atoms with Crippen molar-refractivity contribution in [2.45, 2.75) is 12.7 Å². The highest BCUT2D eigenvalue weighted by Gasteiger charge is 2.32. The molecule has 0 spiro atoms. The van der Waals surface area contributed by atoms with Gasteiger partial charge < -0.3 is 9.57 Å². The summed E-state index contributed by atoms with van der Waals surface area (Å²) >= 11 is 0. The molecular formula is C5H7NO2. The fourth-order valence-electron chi connectivity index (χ4n) is 1.01. The number of oxime groups is 1. The van der Waals surface area contributed by atoms with E-state index in [0.29, 0.717) is 5.92 Å². The van der Waals surface area contributed by atoms with Crippen molar-refractivity contribution in [3.63, 3.8) is 0 Å². The van der Waals surface area contributed by atoms with Gasteiger partial charge in [-0.3, -0.25) is 0 Å². The Morgan fingerprint density at radius 1 is 1.62 bits per heavy atom. The van der Waals surface area contributed by atoms with E-state index < -0.39 is 0 Å². The SMILES string of the molecule is C1=NOC2OCCC12. The van der Waals surface area contributed by atoms with Gasteiger partial charge in [-0.05, 0) is 6.42 Å². The van der Waals surface area contributed by atoms with Gasteiger partial charge in [0.2, 0.25) is 6.29 Å². The minimum Gasteiger partial charge on any atom is -0.363 e. The molecule has 2 heterocycles. The molecule has 1 saturated heterocycles. The molecule has 1 fully saturated rings. The molecule has 0 amide bonds. The maximum Gasteiger partial charge on any atom is 0.234 e. The van der Waals surface area contributed by atoms with Crippen molar-refractivity contribution in [3.05, 3.63) is 0 Å². The van der Waals surface area contributed by atoms with Crippen molar-refractivity contribution in [1.82, 2.24) is 0 Å². The lowest BCUT2D eigenvalue weighted by atomic mass is 10.1. The van der Waals surface area contributed by atoms with Gasteiger partial charge in [-0.25, -0.2) is 0 Å². The first kappa shape index (κ1) is 4.32. The molecule has 44 valence electrons. The van der Waals surface area contributed by atoms with Gasteiger partial charge >= 0.3 is 0 Å². The second-order valence-corrected chi connectivity index (χ2v) is 2.05. The minimum absolute atomic E-state index is 0.0463. The van der Waals surface area contributed by atoms with Gasteiger partial charge in [-0.1, -0.05) is 5.16 Å². The Hall–Kier alpha value is -0.570. The molecule has 0 aromatic carbocycles. The second kappa shape index (κ2) is 1.45. The highest BCUT2D eigenvalue weighted by Crippen LogP contribution is 2.23. The van der Waals surface area contributed by atoms with E-state index in [2.05, 4.69) is 5.16 Å². The summed E-state index contributed by atoms with van der Waals surface area (Å²) in [6, 6.07) is 0. The van der Waals surface area contributed by atoms with Crippen molar-refractivity contribution in [1.29, 1.82) is 0 Å². The van der Waals surface area contributed by atoms with Gasteiger partial charge in [0.25, 0.3) is 0 Å². The van der Waals surface area contributed by atoms with Crippen molar-refractivity contribution in [3.8, 4) is 0 Å². The Morgan fingerprint density at radius 2 is 2.62 bits per heavy atom. The third-order valence-electron chi connectivity index (χ3n) is 1.50. The molecule has 0 aromatic rings. The molecule has 2 rings (SSSR count). The lowest BCUT2D eigenvalue weighted by Crippen LogP contribution is -2.11. The molecule has 2 aliphatic rings. The van der Waals surface area contributed by atoms with Crippen LogP contribution in [0.1, 0.15) is 6.42 Å². The smallest absolute Gasteiger partial charge is 0.234 e. The van der Waals surface area contributed by atoms with Gasteiger partial charge in [0.05, 0.1) is 18.7 Å². The van der Waals surface area contributed by atoms with E-state index in [0.717, 1.165) is 13.0 Å². The molecule has 0 radical (unpaired) electrons. The van der Waals surface area contributed by atoms with Crippen molar-refractivity contribution in [2.75, 3.05) is 6.61 Å². The number of hydrogen-bond acceptors (Lipinski definition) is 3. The maximum absolute atomic E-state index is 5.13. The Balaban J connectivity index is 2.13. The number of fused-ring (bicyclic) bond motifs is 1. The summed E-state index contributed by atoms with van der Waals surface area (Å²) in [5, 5.41) is 3.62. The monoisotopic (exact) mass is 113 g/mol. The van der Waals surface area contributed by atoms with Crippen LogP contribution in [0.25, 0.3) is 0 Å². The van der Waals surface area contributed by atoms with Crippen LogP contribution in [-0.2, 0) is 9.57 Å². The van der Waals surface area contributed by atoms with E-state index in [1.807, 2.05) is 6.21 Å². The summed E-state index contributed by atoms with van der Waals surface area (Å²) in [5.41, 5.74) is 0. The second-order valence-electron chi connectivity index (χ2n) is 2.05. The number of hydrogen-bond donors (Lipinski definition) is 0. The van der Waals surface area contributed by atoms with Crippen LogP contribution in [0.15, 0.2) is 5.16 Å². The zero-order valence-electron chi connectivity index (χ0n) is 4.41. The maximum atomic E-state index is 5.13. The molecule has 2 atom stereocenters. The first-order chi connectivity index (χ1) is 3.97. The Bertz CT molecular complexity index is 124. The third-order valence-corrected chi connectivity index (χ3v) is 1.50. The number of nitrogens with zero attached hydrogens (tertiary/aromatic N) is 1. The Labute approximate surface area is 47.3 Å². The largest absolute Gasteiger partial charge is 0.363 e. The van der Waals surface area contributed by atoms with Crippen molar-refractivity contribution < 1.29 is 9.57 Å². The lowest BCUT2D eigenvalue weighted by molar-refractivity contribution is -0.105. The molecule has 0 bridgehead atoms. The van der Waals surface area contributed by atoms with Crippen LogP contribution >= 0.6 is 0 Å². The van der Waals surface area contributed by atoms with Crippen molar-refractivity contribution in [2.24, 2.45) is 11.1 Å². The highest BCUT2D eigenvalue weighted by molar-refractivity contribution is 5.62. The summed E-state index contributed by atoms with van der Waals surface area (Å²) < 4.78 is 5.13.